The molecule has 0 aromatic heterocycles. The topological polar surface area (TPSA) is 69.6 Å². The average Bonchev–Trinajstić information content (AvgIpc) is 2.77. The second-order valence-electron chi connectivity index (χ2n) is 4.32. The van der Waals surface area contributed by atoms with Crippen LogP contribution in [0.15, 0.2) is 18.2 Å². The molecular formula is C12H11F3N2O3. The normalized spacial score (nSPS) is 14.1. The molecule has 0 fully saturated rings. The van der Waals surface area contributed by atoms with E-state index in [0.29, 0.717) is 17.7 Å². The number of carboxylic acids is 1. The fourth-order valence-corrected chi connectivity index (χ4v) is 2.02. The molecule has 1 aromatic carbocycles. The number of urea groups is 1. The Labute approximate surface area is 112 Å². The highest BCUT2D eigenvalue weighted by molar-refractivity contribution is 5.96. The van der Waals surface area contributed by atoms with Crippen molar-refractivity contribution < 1.29 is 27.9 Å². The summed E-state index contributed by atoms with van der Waals surface area (Å²) in [4.78, 5) is 23.7. The number of nitrogens with one attached hydrogen (secondary N) is 1. The van der Waals surface area contributed by atoms with E-state index in [1.807, 2.05) is 0 Å². The Morgan fingerprint density at radius 1 is 1.35 bits per heavy atom. The van der Waals surface area contributed by atoms with Crippen molar-refractivity contribution >= 4 is 17.7 Å². The fourth-order valence-electron chi connectivity index (χ4n) is 2.02. The summed E-state index contributed by atoms with van der Waals surface area (Å²) < 4.78 is 36.1. The molecule has 0 bridgehead atoms. The summed E-state index contributed by atoms with van der Waals surface area (Å²) in [6.45, 7) is -1.17. The van der Waals surface area contributed by atoms with Crippen LogP contribution in [0.25, 0.3) is 0 Å². The molecule has 20 heavy (non-hydrogen) atoms. The maximum atomic E-state index is 12.0. The molecule has 0 aliphatic carbocycles. The second-order valence-corrected chi connectivity index (χ2v) is 4.32. The van der Waals surface area contributed by atoms with Crippen molar-refractivity contribution in [1.82, 2.24) is 5.32 Å². The van der Waals surface area contributed by atoms with Gasteiger partial charge in [0.25, 0.3) is 0 Å². The van der Waals surface area contributed by atoms with Gasteiger partial charge < -0.3 is 10.4 Å². The van der Waals surface area contributed by atoms with E-state index < -0.39 is 24.7 Å². The third kappa shape index (κ3) is 3.01. The van der Waals surface area contributed by atoms with Crippen LogP contribution in [-0.2, 0) is 6.42 Å². The van der Waals surface area contributed by atoms with Crippen LogP contribution in [0.5, 0.6) is 0 Å². The highest BCUT2D eigenvalue weighted by atomic mass is 19.4. The van der Waals surface area contributed by atoms with Crippen molar-refractivity contribution in [1.29, 1.82) is 0 Å². The van der Waals surface area contributed by atoms with Gasteiger partial charge in [0.1, 0.15) is 6.54 Å². The highest BCUT2D eigenvalue weighted by Crippen LogP contribution is 2.29. The minimum atomic E-state index is -4.47. The summed E-state index contributed by atoms with van der Waals surface area (Å²) in [7, 11) is 0. The number of carbonyl (C=O) groups is 2. The Bertz CT molecular complexity index is 557. The number of aromatic carboxylic acids is 1. The van der Waals surface area contributed by atoms with Crippen molar-refractivity contribution in [3.8, 4) is 0 Å². The van der Waals surface area contributed by atoms with Crippen LogP contribution in [0, 0.1) is 0 Å². The standard InChI is InChI=1S/C12H11F3N2O3/c13-12(14,15)6-16-11(20)17-4-3-7-5-8(10(18)19)1-2-9(7)17/h1-2,5H,3-4,6H2,(H,16,20)(H,18,19). The zero-order valence-corrected chi connectivity index (χ0v) is 10.2. The van der Waals surface area contributed by atoms with E-state index in [1.54, 1.807) is 5.32 Å². The average molecular weight is 288 g/mol. The van der Waals surface area contributed by atoms with Crippen LogP contribution in [0.3, 0.4) is 0 Å². The van der Waals surface area contributed by atoms with Crippen molar-refractivity contribution in [2.24, 2.45) is 0 Å². The summed E-state index contributed by atoms with van der Waals surface area (Å²) in [5.74, 6) is -1.09. The molecular weight excluding hydrogens is 277 g/mol. The Kier molecular flexibility index (Phi) is 3.56. The number of hydrogen-bond acceptors (Lipinski definition) is 2. The van der Waals surface area contributed by atoms with Crippen molar-refractivity contribution in [3.63, 3.8) is 0 Å². The first-order valence-corrected chi connectivity index (χ1v) is 5.76. The van der Waals surface area contributed by atoms with Crippen molar-refractivity contribution in [2.45, 2.75) is 12.6 Å². The molecule has 1 heterocycles. The van der Waals surface area contributed by atoms with Gasteiger partial charge >= 0.3 is 18.2 Å². The molecule has 1 aromatic rings. The largest absolute Gasteiger partial charge is 0.478 e. The maximum Gasteiger partial charge on any atom is 0.405 e. The Hall–Kier alpha value is -2.25. The fraction of sp³-hybridized carbons (Fsp3) is 0.333. The van der Waals surface area contributed by atoms with Crippen LogP contribution >= 0.6 is 0 Å². The molecule has 1 aliphatic heterocycles. The van der Waals surface area contributed by atoms with E-state index in [2.05, 4.69) is 0 Å². The molecule has 0 saturated carbocycles. The molecule has 0 spiro atoms. The molecule has 0 saturated heterocycles. The van der Waals surface area contributed by atoms with Crippen molar-refractivity contribution in [2.75, 3.05) is 18.0 Å². The van der Waals surface area contributed by atoms with Gasteiger partial charge in [0.2, 0.25) is 0 Å². The number of benzene rings is 1. The van der Waals surface area contributed by atoms with Gasteiger partial charge in [0, 0.05) is 12.2 Å². The van der Waals surface area contributed by atoms with E-state index in [9.17, 15) is 22.8 Å². The van der Waals surface area contributed by atoms with E-state index in [1.165, 1.54) is 23.1 Å². The Morgan fingerprint density at radius 2 is 2.05 bits per heavy atom. The monoisotopic (exact) mass is 288 g/mol. The smallest absolute Gasteiger partial charge is 0.405 e. The predicted molar refractivity (Wildman–Crippen MR) is 63.9 cm³/mol. The summed E-state index contributed by atoms with van der Waals surface area (Å²) in [5, 5.41) is 10.6. The van der Waals surface area contributed by atoms with Crippen LogP contribution in [0.4, 0.5) is 23.7 Å². The summed E-state index contributed by atoms with van der Waals surface area (Å²) in [5.41, 5.74) is 1.16. The number of amides is 2. The number of fused-ring (bicyclic) bond motifs is 1. The zero-order valence-electron chi connectivity index (χ0n) is 10.2. The third-order valence-corrected chi connectivity index (χ3v) is 2.91. The zero-order chi connectivity index (χ0) is 14.9. The van der Waals surface area contributed by atoms with Gasteiger partial charge in [0.05, 0.1) is 5.56 Å². The third-order valence-electron chi connectivity index (χ3n) is 2.91. The quantitative estimate of drug-likeness (QED) is 0.874. The SMILES string of the molecule is O=C(O)c1ccc2c(c1)CCN2C(=O)NCC(F)(F)F. The summed E-state index contributed by atoms with van der Waals surface area (Å²) in [6.07, 6.45) is -4.05. The number of hydrogen-bond donors (Lipinski definition) is 2. The number of alkyl halides is 3. The van der Waals surface area contributed by atoms with Gasteiger partial charge in [-0.15, -0.1) is 0 Å². The van der Waals surface area contributed by atoms with Gasteiger partial charge in [-0.05, 0) is 30.2 Å². The summed E-state index contributed by atoms with van der Waals surface area (Å²) in [6, 6.07) is 3.33. The molecule has 2 rings (SSSR count). The van der Waals surface area contributed by atoms with Crippen LogP contribution < -0.4 is 10.2 Å². The van der Waals surface area contributed by atoms with E-state index in [0.717, 1.165) is 0 Å². The summed E-state index contributed by atoms with van der Waals surface area (Å²) >= 11 is 0. The molecule has 2 amide bonds. The lowest BCUT2D eigenvalue weighted by Gasteiger charge is -2.18. The number of halogens is 3. The van der Waals surface area contributed by atoms with Crippen molar-refractivity contribution in [3.05, 3.63) is 29.3 Å². The van der Waals surface area contributed by atoms with Gasteiger partial charge in [-0.1, -0.05) is 0 Å². The molecule has 108 valence electrons. The molecule has 2 N–H and O–H groups in total. The second kappa shape index (κ2) is 5.03. The van der Waals surface area contributed by atoms with Crippen LogP contribution in [0.2, 0.25) is 0 Å². The lowest BCUT2D eigenvalue weighted by Crippen LogP contribution is -2.43. The number of anilines is 1. The first kappa shape index (κ1) is 14.2. The molecule has 1 aliphatic rings. The number of rotatable bonds is 2. The van der Waals surface area contributed by atoms with E-state index in [4.69, 9.17) is 5.11 Å². The van der Waals surface area contributed by atoms with E-state index in [-0.39, 0.29) is 12.1 Å². The minimum Gasteiger partial charge on any atom is -0.478 e. The first-order valence-electron chi connectivity index (χ1n) is 5.76. The van der Waals surface area contributed by atoms with Crippen LogP contribution in [-0.4, -0.2) is 36.4 Å². The van der Waals surface area contributed by atoms with Crippen LogP contribution in [0.1, 0.15) is 15.9 Å². The molecule has 0 unspecified atom stereocenters. The lowest BCUT2D eigenvalue weighted by atomic mass is 10.1. The number of carbonyl (C=O) groups excluding carboxylic acids is 1. The first-order chi connectivity index (χ1) is 9.28. The lowest BCUT2D eigenvalue weighted by molar-refractivity contribution is -0.122. The highest BCUT2D eigenvalue weighted by Gasteiger charge is 2.31. The van der Waals surface area contributed by atoms with Gasteiger partial charge in [0.15, 0.2) is 0 Å². The molecule has 5 nitrogen and oxygen atoms in total. The molecule has 0 atom stereocenters. The molecule has 8 heteroatoms. The van der Waals surface area contributed by atoms with Gasteiger partial charge in [-0.25, -0.2) is 9.59 Å². The molecule has 0 radical (unpaired) electrons. The maximum absolute atomic E-state index is 12.0. The number of nitrogens with zero attached hydrogens (tertiary/aromatic N) is 1. The van der Waals surface area contributed by atoms with Gasteiger partial charge in [-0.3, -0.25) is 4.90 Å². The van der Waals surface area contributed by atoms with E-state index >= 15 is 0 Å². The Balaban J connectivity index is 2.12. The predicted octanol–water partition coefficient (Wildman–Crippen LogP) is 2.02. The minimum absolute atomic E-state index is 0.0845. The Morgan fingerprint density at radius 3 is 2.65 bits per heavy atom. The number of carboxylic acid groups (broad SMARTS) is 1. The van der Waals surface area contributed by atoms with Gasteiger partial charge in [-0.2, -0.15) is 13.2 Å².